The molecule has 3 N–H and O–H groups in total. The first-order valence-corrected chi connectivity index (χ1v) is 13.4. The molecule has 0 aromatic carbocycles. The summed E-state index contributed by atoms with van der Waals surface area (Å²) in [6.45, 7) is 5.18. The predicted molar refractivity (Wildman–Crippen MR) is 128 cm³/mol. The molecule has 1 aliphatic rings. The van der Waals surface area contributed by atoms with Gasteiger partial charge in [0.1, 0.15) is 11.1 Å². The topological polar surface area (TPSA) is 130 Å². The quantitative estimate of drug-likeness (QED) is 0.310. The maximum Gasteiger partial charge on any atom is 0.235 e. The molecule has 0 saturated carbocycles. The van der Waals surface area contributed by atoms with Gasteiger partial charge in [0.25, 0.3) is 0 Å². The van der Waals surface area contributed by atoms with E-state index in [0.29, 0.717) is 34.0 Å². The summed E-state index contributed by atoms with van der Waals surface area (Å²) in [4.78, 5) is 27.6. The number of hydrogen-bond acceptors (Lipinski definition) is 9. The molecule has 3 rings (SSSR count). The van der Waals surface area contributed by atoms with Crippen molar-refractivity contribution in [1.82, 2.24) is 19.8 Å². The number of carbonyl (C=O) groups is 2. The molecule has 2 aromatic rings. The van der Waals surface area contributed by atoms with Crippen LogP contribution in [-0.2, 0) is 22.4 Å². The number of hydrogen-bond donors (Lipinski definition) is 2. The standard InChI is InChI=1S/C20H27N7O2S3/c1-3-26(4-2)17(29)12-31-20-25-24-19(27(20)22)30-11-16(28)23-18-14(10-21)13-8-6-5-7-9-15(13)32-18/h3-9,11-12,22H2,1-2H3,(H,23,28). The van der Waals surface area contributed by atoms with E-state index in [9.17, 15) is 14.9 Å². The predicted octanol–water partition coefficient (Wildman–Crippen LogP) is 2.89. The van der Waals surface area contributed by atoms with Gasteiger partial charge in [-0.25, -0.2) is 4.68 Å². The summed E-state index contributed by atoms with van der Waals surface area (Å²) in [6, 6.07) is 2.27. The van der Waals surface area contributed by atoms with E-state index in [0.717, 1.165) is 43.0 Å². The lowest BCUT2D eigenvalue weighted by atomic mass is 10.1. The molecule has 1 aliphatic carbocycles. The number of rotatable bonds is 9. The Hall–Kier alpha value is -2.23. The molecular formula is C20H27N7O2S3. The van der Waals surface area contributed by atoms with Gasteiger partial charge in [0.15, 0.2) is 0 Å². The Kier molecular flexibility index (Phi) is 8.84. The van der Waals surface area contributed by atoms with Crippen LogP contribution in [-0.4, -0.2) is 56.2 Å². The summed E-state index contributed by atoms with van der Waals surface area (Å²) in [6.07, 6.45) is 5.23. The smallest absolute Gasteiger partial charge is 0.235 e. The highest BCUT2D eigenvalue weighted by Crippen LogP contribution is 2.37. The van der Waals surface area contributed by atoms with Gasteiger partial charge in [-0.05, 0) is 45.1 Å². The van der Waals surface area contributed by atoms with Crippen molar-refractivity contribution in [3.63, 3.8) is 0 Å². The molecule has 0 radical (unpaired) electrons. The monoisotopic (exact) mass is 493 g/mol. The van der Waals surface area contributed by atoms with Crippen LogP contribution in [0.25, 0.3) is 0 Å². The van der Waals surface area contributed by atoms with E-state index in [4.69, 9.17) is 5.84 Å². The molecule has 172 valence electrons. The molecule has 9 nitrogen and oxygen atoms in total. The van der Waals surface area contributed by atoms with Gasteiger partial charge in [-0.1, -0.05) is 29.9 Å². The number of amides is 2. The highest BCUT2D eigenvalue weighted by Gasteiger charge is 2.21. The molecule has 2 aromatic heterocycles. The molecule has 2 heterocycles. The van der Waals surface area contributed by atoms with Crippen LogP contribution in [0.4, 0.5) is 5.00 Å². The van der Waals surface area contributed by atoms with E-state index >= 15 is 0 Å². The third-order valence-electron chi connectivity index (χ3n) is 5.19. The molecule has 32 heavy (non-hydrogen) atoms. The average molecular weight is 494 g/mol. The molecule has 0 bridgehead atoms. The maximum absolute atomic E-state index is 12.5. The number of carbonyl (C=O) groups excluding carboxylic acids is 2. The van der Waals surface area contributed by atoms with Crippen molar-refractivity contribution < 1.29 is 9.59 Å². The van der Waals surface area contributed by atoms with E-state index < -0.39 is 0 Å². The van der Waals surface area contributed by atoms with Crippen LogP contribution in [0.2, 0.25) is 0 Å². The lowest BCUT2D eigenvalue weighted by Gasteiger charge is -2.17. The number of nitriles is 1. The maximum atomic E-state index is 12.5. The third-order valence-corrected chi connectivity index (χ3v) is 8.27. The molecule has 0 atom stereocenters. The zero-order valence-corrected chi connectivity index (χ0v) is 20.7. The number of anilines is 1. The summed E-state index contributed by atoms with van der Waals surface area (Å²) in [5, 5.41) is 22.0. The summed E-state index contributed by atoms with van der Waals surface area (Å²) >= 11 is 3.89. The highest BCUT2D eigenvalue weighted by atomic mass is 32.2. The zero-order chi connectivity index (χ0) is 23.1. The van der Waals surface area contributed by atoms with Gasteiger partial charge in [0.2, 0.25) is 22.1 Å². The Morgan fingerprint density at radius 2 is 1.81 bits per heavy atom. The Balaban J connectivity index is 1.56. The number of aryl methyl sites for hydroxylation is 1. The van der Waals surface area contributed by atoms with Crippen LogP contribution < -0.4 is 11.2 Å². The first-order valence-electron chi connectivity index (χ1n) is 10.6. The van der Waals surface area contributed by atoms with Crippen LogP contribution in [0.5, 0.6) is 0 Å². The number of thioether (sulfide) groups is 2. The Morgan fingerprint density at radius 3 is 2.47 bits per heavy atom. The van der Waals surface area contributed by atoms with Crippen molar-refractivity contribution in [1.29, 1.82) is 5.26 Å². The van der Waals surface area contributed by atoms with Crippen molar-refractivity contribution in [2.24, 2.45) is 0 Å². The second-order valence-corrected chi connectivity index (χ2v) is 10.2. The molecule has 0 spiro atoms. The number of nitrogens with one attached hydrogen (secondary N) is 1. The average Bonchev–Trinajstić information content (AvgIpc) is 3.20. The lowest BCUT2D eigenvalue weighted by molar-refractivity contribution is -0.128. The van der Waals surface area contributed by atoms with Gasteiger partial charge in [0, 0.05) is 18.0 Å². The first-order chi connectivity index (χ1) is 15.5. The number of nitrogens with two attached hydrogens (primary N) is 1. The summed E-state index contributed by atoms with van der Waals surface area (Å²) in [5.41, 5.74) is 1.70. The normalized spacial score (nSPS) is 13.2. The molecular weight excluding hydrogens is 466 g/mol. The van der Waals surface area contributed by atoms with Crippen molar-refractivity contribution in [3.05, 3.63) is 16.0 Å². The lowest BCUT2D eigenvalue weighted by Crippen LogP contribution is -2.32. The minimum Gasteiger partial charge on any atom is -0.343 e. The fraction of sp³-hybridized carbons (Fsp3) is 0.550. The van der Waals surface area contributed by atoms with Crippen molar-refractivity contribution >= 4 is 51.7 Å². The first kappa shape index (κ1) is 24.4. The van der Waals surface area contributed by atoms with Gasteiger partial charge in [-0.3, -0.25) is 9.59 Å². The van der Waals surface area contributed by atoms with Gasteiger partial charge < -0.3 is 16.1 Å². The fourth-order valence-corrected chi connectivity index (χ4v) is 6.23. The van der Waals surface area contributed by atoms with Gasteiger partial charge in [0.05, 0.1) is 17.1 Å². The molecule has 12 heteroatoms. The van der Waals surface area contributed by atoms with Crippen molar-refractivity contribution in [2.45, 2.75) is 56.3 Å². The minimum absolute atomic E-state index is 0.0132. The summed E-state index contributed by atoms with van der Waals surface area (Å²) in [5.74, 6) is 6.15. The molecule has 0 unspecified atom stereocenters. The van der Waals surface area contributed by atoms with Crippen LogP contribution >= 0.6 is 34.9 Å². The van der Waals surface area contributed by atoms with Crippen molar-refractivity contribution in [3.8, 4) is 6.07 Å². The zero-order valence-electron chi connectivity index (χ0n) is 18.2. The molecule has 0 saturated heterocycles. The second-order valence-electron chi connectivity index (χ2n) is 7.21. The van der Waals surface area contributed by atoms with E-state index in [2.05, 4.69) is 21.6 Å². The van der Waals surface area contributed by atoms with Gasteiger partial charge in [-0.15, -0.1) is 21.5 Å². The number of fused-ring (bicyclic) bond motifs is 1. The molecule has 2 amide bonds. The Bertz CT molecular complexity index is 1010. The number of nitrogen functional groups attached to an aromatic ring is 1. The van der Waals surface area contributed by atoms with Crippen LogP contribution in [0, 0.1) is 11.3 Å². The van der Waals surface area contributed by atoms with Gasteiger partial charge in [-0.2, -0.15) is 5.26 Å². The molecule has 0 aliphatic heterocycles. The van der Waals surface area contributed by atoms with E-state index in [1.807, 2.05) is 13.8 Å². The fourth-order valence-electron chi connectivity index (χ4n) is 3.50. The molecule has 0 fully saturated rings. The number of thiophene rings is 1. The second kappa shape index (κ2) is 11.6. The Labute approximate surface area is 200 Å². The van der Waals surface area contributed by atoms with E-state index in [-0.39, 0.29) is 23.3 Å². The van der Waals surface area contributed by atoms with Crippen LogP contribution in [0.3, 0.4) is 0 Å². The van der Waals surface area contributed by atoms with Gasteiger partial charge >= 0.3 is 0 Å². The SMILES string of the molecule is CCN(CC)C(=O)CSc1nnc(SCC(=O)Nc2sc3c(c2C#N)CCCCC3)n1N. The van der Waals surface area contributed by atoms with Crippen LogP contribution in [0.1, 0.15) is 49.1 Å². The van der Waals surface area contributed by atoms with Crippen molar-refractivity contribution in [2.75, 3.05) is 35.8 Å². The Morgan fingerprint density at radius 1 is 1.16 bits per heavy atom. The van der Waals surface area contributed by atoms with E-state index in [1.54, 1.807) is 4.90 Å². The number of aromatic nitrogens is 3. The van der Waals surface area contributed by atoms with E-state index in [1.165, 1.54) is 39.1 Å². The minimum atomic E-state index is -0.225. The largest absolute Gasteiger partial charge is 0.343 e. The summed E-state index contributed by atoms with van der Waals surface area (Å²) in [7, 11) is 0. The van der Waals surface area contributed by atoms with Crippen LogP contribution in [0.15, 0.2) is 10.3 Å². The highest BCUT2D eigenvalue weighted by molar-refractivity contribution is 8.00. The number of nitrogens with zero attached hydrogens (tertiary/aromatic N) is 5. The summed E-state index contributed by atoms with van der Waals surface area (Å²) < 4.78 is 1.30. The third kappa shape index (κ3) is 5.76.